The molecule has 124 valence electrons. The minimum absolute atomic E-state index is 0.374. The number of hydrogen-bond acceptors (Lipinski definition) is 3. The molecule has 2 bridgehead atoms. The number of ether oxygens (including phenoxy) is 2. The number of aliphatic imine (C=N–C) groups is 1. The maximum absolute atomic E-state index is 5.93. The first-order valence-corrected chi connectivity index (χ1v) is 9.02. The number of guanidine groups is 1. The fourth-order valence-corrected chi connectivity index (χ4v) is 4.94. The Morgan fingerprint density at radius 3 is 2.68 bits per heavy atom. The minimum Gasteiger partial charge on any atom is -0.378 e. The van der Waals surface area contributed by atoms with Crippen molar-refractivity contribution in [3.63, 3.8) is 0 Å². The van der Waals surface area contributed by atoms with Crippen molar-refractivity contribution in [1.82, 2.24) is 10.6 Å². The Morgan fingerprint density at radius 2 is 2.14 bits per heavy atom. The van der Waals surface area contributed by atoms with Gasteiger partial charge in [-0.2, -0.15) is 0 Å². The van der Waals surface area contributed by atoms with E-state index in [2.05, 4.69) is 22.5 Å². The van der Waals surface area contributed by atoms with Gasteiger partial charge >= 0.3 is 0 Å². The van der Waals surface area contributed by atoms with Crippen LogP contribution in [0.5, 0.6) is 0 Å². The molecule has 2 heterocycles. The Balaban J connectivity index is 1.34. The van der Waals surface area contributed by atoms with E-state index in [-0.39, 0.29) is 0 Å². The molecule has 2 aliphatic heterocycles. The second-order valence-electron chi connectivity index (χ2n) is 7.40. The average molecular weight is 307 g/mol. The molecule has 5 atom stereocenters. The van der Waals surface area contributed by atoms with Crippen LogP contribution in [0.4, 0.5) is 0 Å². The summed E-state index contributed by atoms with van der Waals surface area (Å²) in [6.45, 7) is 2.93. The summed E-state index contributed by atoms with van der Waals surface area (Å²) in [5, 5.41) is 7.28. The summed E-state index contributed by atoms with van der Waals surface area (Å²) >= 11 is 0. The highest BCUT2D eigenvalue weighted by Gasteiger charge is 2.59. The summed E-state index contributed by atoms with van der Waals surface area (Å²) in [4.78, 5) is 4.45. The van der Waals surface area contributed by atoms with Gasteiger partial charge in [0.15, 0.2) is 5.96 Å². The van der Waals surface area contributed by atoms with Crippen molar-refractivity contribution in [3.05, 3.63) is 0 Å². The normalized spacial score (nSPS) is 42.1. The Morgan fingerprint density at radius 1 is 1.27 bits per heavy atom. The third-order valence-corrected chi connectivity index (χ3v) is 6.40. The largest absolute Gasteiger partial charge is 0.378 e. The van der Waals surface area contributed by atoms with Crippen LogP contribution < -0.4 is 10.6 Å². The molecule has 2 aliphatic carbocycles. The Kier molecular flexibility index (Phi) is 3.81. The van der Waals surface area contributed by atoms with Gasteiger partial charge in [0.05, 0.1) is 24.4 Å². The zero-order chi connectivity index (χ0) is 15.2. The lowest BCUT2D eigenvalue weighted by Crippen LogP contribution is -2.69. The van der Waals surface area contributed by atoms with Crippen LogP contribution in [0.2, 0.25) is 0 Å². The van der Waals surface area contributed by atoms with E-state index in [1.165, 1.54) is 32.1 Å². The average Bonchev–Trinajstić information content (AvgIpc) is 3.05. The summed E-state index contributed by atoms with van der Waals surface area (Å²) < 4.78 is 11.9. The molecular weight excluding hydrogens is 278 g/mol. The lowest BCUT2D eigenvalue weighted by molar-refractivity contribution is -0.168. The van der Waals surface area contributed by atoms with Gasteiger partial charge < -0.3 is 20.1 Å². The van der Waals surface area contributed by atoms with E-state index >= 15 is 0 Å². The Labute approximate surface area is 133 Å². The smallest absolute Gasteiger partial charge is 0.191 e. The van der Waals surface area contributed by atoms with Gasteiger partial charge in [-0.3, -0.25) is 4.99 Å². The van der Waals surface area contributed by atoms with Crippen LogP contribution in [0, 0.1) is 5.41 Å². The molecule has 22 heavy (non-hydrogen) atoms. The molecule has 5 nitrogen and oxygen atoms in total. The van der Waals surface area contributed by atoms with Gasteiger partial charge in [-0.25, -0.2) is 0 Å². The second-order valence-corrected chi connectivity index (χ2v) is 7.40. The summed E-state index contributed by atoms with van der Waals surface area (Å²) in [6, 6.07) is 0.952. The summed E-state index contributed by atoms with van der Waals surface area (Å²) in [5.74, 6) is 0.951. The number of hydrogen-bond donors (Lipinski definition) is 2. The van der Waals surface area contributed by atoms with Gasteiger partial charge in [-0.05, 0) is 45.4 Å². The van der Waals surface area contributed by atoms with Crippen LogP contribution in [-0.2, 0) is 9.47 Å². The lowest BCUT2D eigenvalue weighted by atomic mass is 9.51. The van der Waals surface area contributed by atoms with E-state index in [9.17, 15) is 0 Å². The predicted octanol–water partition coefficient (Wildman–Crippen LogP) is 1.82. The molecule has 1 spiro atoms. The maximum Gasteiger partial charge on any atom is 0.191 e. The van der Waals surface area contributed by atoms with Crippen molar-refractivity contribution < 1.29 is 9.47 Å². The minimum atomic E-state index is 0.374. The third kappa shape index (κ3) is 2.24. The molecule has 4 rings (SSSR count). The van der Waals surface area contributed by atoms with E-state index in [0.29, 0.717) is 35.8 Å². The molecule has 5 heteroatoms. The van der Waals surface area contributed by atoms with E-state index in [0.717, 1.165) is 25.4 Å². The molecule has 5 unspecified atom stereocenters. The summed E-state index contributed by atoms with van der Waals surface area (Å²) in [6.07, 6.45) is 9.91. The highest BCUT2D eigenvalue weighted by atomic mass is 16.5. The molecule has 2 N–H and O–H groups in total. The second kappa shape index (κ2) is 5.68. The Hall–Kier alpha value is -0.810. The SMILES string of the molecule is CCOC1CC(NC(=NC)NC2CC3CCC2O3)C12CCC2. The molecule has 0 radical (unpaired) electrons. The zero-order valence-electron chi connectivity index (χ0n) is 13.8. The zero-order valence-corrected chi connectivity index (χ0v) is 13.8. The first kappa shape index (κ1) is 14.8. The third-order valence-electron chi connectivity index (χ3n) is 6.40. The number of nitrogens with zero attached hydrogens (tertiary/aromatic N) is 1. The van der Waals surface area contributed by atoms with Crippen molar-refractivity contribution in [2.45, 2.75) is 82.3 Å². The van der Waals surface area contributed by atoms with E-state index in [4.69, 9.17) is 9.47 Å². The van der Waals surface area contributed by atoms with Gasteiger partial charge in [0.1, 0.15) is 0 Å². The molecule has 0 aromatic rings. The quantitative estimate of drug-likeness (QED) is 0.614. The van der Waals surface area contributed by atoms with Crippen molar-refractivity contribution >= 4 is 5.96 Å². The van der Waals surface area contributed by atoms with Gasteiger partial charge in [0.2, 0.25) is 0 Å². The molecular formula is C17H29N3O2. The number of fused-ring (bicyclic) bond motifs is 2. The summed E-state index contributed by atoms with van der Waals surface area (Å²) in [7, 11) is 1.87. The van der Waals surface area contributed by atoms with Crippen molar-refractivity contribution in [2.24, 2.45) is 10.4 Å². The first-order chi connectivity index (χ1) is 10.7. The first-order valence-electron chi connectivity index (χ1n) is 9.02. The van der Waals surface area contributed by atoms with Gasteiger partial charge in [-0.15, -0.1) is 0 Å². The van der Waals surface area contributed by atoms with Gasteiger partial charge in [0, 0.05) is 25.1 Å². The molecule has 2 saturated heterocycles. The van der Waals surface area contributed by atoms with E-state index in [1.807, 2.05) is 7.05 Å². The molecule has 2 saturated carbocycles. The van der Waals surface area contributed by atoms with Crippen LogP contribution >= 0.6 is 0 Å². The standard InChI is InChI=1S/C17H29N3O2/c1-3-21-15-10-14(17(15)7-4-8-17)20-16(18-2)19-12-9-11-5-6-13(12)22-11/h11-15H,3-10H2,1-2H3,(H2,18,19,20). The Bertz CT molecular complexity index is 449. The highest BCUT2D eigenvalue weighted by molar-refractivity contribution is 5.80. The topological polar surface area (TPSA) is 54.9 Å². The molecule has 0 aromatic heterocycles. The number of nitrogens with one attached hydrogen (secondary N) is 2. The molecule has 0 aromatic carbocycles. The van der Waals surface area contributed by atoms with Gasteiger partial charge in [-0.1, -0.05) is 6.42 Å². The van der Waals surface area contributed by atoms with Crippen LogP contribution in [0.15, 0.2) is 4.99 Å². The van der Waals surface area contributed by atoms with Crippen molar-refractivity contribution in [2.75, 3.05) is 13.7 Å². The van der Waals surface area contributed by atoms with Gasteiger partial charge in [0.25, 0.3) is 0 Å². The van der Waals surface area contributed by atoms with Crippen LogP contribution in [-0.4, -0.2) is 50.0 Å². The monoisotopic (exact) mass is 307 g/mol. The predicted molar refractivity (Wildman–Crippen MR) is 86.0 cm³/mol. The van der Waals surface area contributed by atoms with Crippen LogP contribution in [0.3, 0.4) is 0 Å². The van der Waals surface area contributed by atoms with Crippen molar-refractivity contribution in [3.8, 4) is 0 Å². The van der Waals surface area contributed by atoms with E-state index in [1.54, 1.807) is 0 Å². The van der Waals surface area contributed by atoms with Crippen LogP contribution in [0.25, 0.3) is 0 Å². The molecule has 4 fully saturated rings. The lowest BCUT2D eigenvalue weighted by Gasteiger charge is -2.61. The molecule has 4 aliphatic rings. The number of rotatable bonds is 4. The fourth-order valence-electron chi connectivity index (χ4n) is 4.94. The van der Waals surface area contributed by atoms with Crippen LogP contribution in [0.1, 0.15) is 51.9 Å². The fraction of sp³-hybridized carbons (Fsp3) is 0.941. The summed E-state index contributed by atoms with van der Waals surface area (Å²) in [5.41, 5.74) is 0.374. The van der Waals surface area contributed by atoms with Crippen molar-refractivity contribution in [1.29, 1.82) is 0 Å². The molecule has 0 amide bonds. The maximum atomic E-state index is 5.93. The highest BCUT2D eigenvalue weighted by Crippen LogP contribution is 2.57. The van der Waals surface area contributed by atoms with E-state index < -0.39 is 0 Å².